The zero-order chi connectivity index (χ0) is 7.23. The van der Waals surface area contributed by atoms with Gasteiger partial charge in [0.15, 0.2) is 0 Å². The van der Waals surface area contributed by atoms with Gasteiger partial charge < -0.3 is 9.25 Å². The highest BCUT2D eigenvalue weighted by atomic mass is 16.6. The highest BCUT2D eigenvalue weighted by Crippen LogP contribution is 1.94. The van der Waals surface area contributed by atoms with Crippen LogP contribution in [0.25, 0.3) is 0 Å². The molecule has 0 atom stereocenters. The SMILES string of the molecule is CCO/N=C/c1ccoc1. The highest BCUT2D eigenvalue weighted by molar-refractivity contribution is 5.78. The molecule has 0 unspecified atom stereocenters. The molecule has 0 aliphatic carbocycles. The van der Waals surface area contributed by atoms with Crippen molar-refractivity contribution in [2.75, 3.05) is 6.61 Å². The third kappa shape index (κ3) is 1.93. The van der Waals surface area contributed by atoms with Crippen LogP contribution in [0.3, 0.4) is 0 Å². The summed E-state index contributed by atoms with van der Waals surface area (Å²) >= 11 is 0. The van der Waals surface area contributed by atoms with E-state index in [0.717, 1.165) is 5.56 Å². The summed E-state index contributed by atoms with van der Waals surface area (Å²) < 4.78 is 4.80. The van der Waals surface area contributed by atoms with Crippen LogP contribution < -0.4 is 0 Å². The summed E-state index contributed by atoms with van der Waals surface area (Å²) in [6, 6.07) is 1.81. The first-order chi connectivity index (χ1) is 4.93. The van der Waals surface area contributed by atoms with Gasteiger partial charge in [0.25, 0.3) is 0 Å². The second kappa shape index (κ2) is 3.71. The van der Waals surface area contributed by atoms with E-state index >= 15 is 0 Å². The second-order valence-electron chi connectivity index (χ2n) is 1.71. The molecule has 0 aliphatic rings. The van der Waals surface area contributed by atoms with Gasteiger partial charge in [0, 0.05) is 5.56 Å². The van der Waals surface area contributed by atoms with E-state index in [9.17, 15) is 0 Å². The van der Waals surface area contributed by atoms with Gasteiger partial charge in [0.1, 0.15) is 6.61 Å². The zero-order valence-corrected chi connectivity index (χ0v) is 5.78. The Morgan fingerprint density at radius 2 is 2.70 bits per heavy atom. The Kier molecular flexibility index (Phi) is 2.55. The molecule has 0 saturated carbocycles. The summed E-state index contributed by atoms with van der Waals surface area (Å²) in [4.78, 5) is 4.73. The van der Waals surface area contributed by atoms with Crippen LogP contribution in [0.1, 0.15) is 12.5 Å². The lowest BCUT2D eigenvalue weighted by Gasteiger charge is -1.87. The molecule has 1 heterocycles. The third-order valence-electron chi connectivity index (χ3n) is 0.949. The molecule has 0 fully saturated rings. The fourth-order valence-corrected chi connectivity index (χ4v) is 0.521. The molecule has 0 spiro atoms. The first-order valence-electron chi connectivity index (χ1n) is 3.11. The van der Waals surface area contributed by atoms with Crippen LogP contribution >= 0.6 is 0 Å². The van der Waals surface area contributed by atoms with E-state index in [1.54, 1.807) is 18.7 Å². The molecule has 0 aliphatic heterocycles. The van der Waals surface area contributed by atoms with Crippen LogP contribution in [0.5, 0.6) is 0 Å². The van der Waals surface area contributed by atoms with Crippen LogP contribution in [0.15, 0.2) is 28.2 Å². The lowest BCUT2D eigenvalue weighted by Crippen LogP contribution is -1.80. The Morgan fingerprint density at radius 3 is 3.30 bits per heavy atom. The Bertz CT molecular complexity index is 191. The first-order valence-corrected chi connectivity index (χ1v) is 3.11. The lowest BCUT2D eigenvalue weighted by atomic mass is 10.4. The number of rotatable bonds is 3. The van der Waals surface area contributed by atoms with Gasteiger partial charge in [-0.25, -0.2) is 0 Å². The van der Waals surface area contributed by atoms with E-state index in [2.05, 4.69) is 5.16 Å². The van der Waals surface area contributed by atoms with Crippen molar-refractivity contribution in [1.82, 2.24) is 0 Å². The maximum absolute atomic E-state index is 4.80. The van der Waals surface area contributed by atoms with Crippen LogP contribution in [0.2, 0.25) is 0 Å². The Hall–Kier alpha value is -1.25. The fourth-order valence-electron chi connectivity index (χ4n) is 0.521. The minimum absolute atomic E-state index is 0.592. The number of furan rings is 1. The molecule has 0 saturated heterocycles. The van der Waals surface area contributed by atoms with Gasteiger partial charge in [-0.1, -0.05) is 5.16 Å². The summed E-state index contributed by atoms with van der Waals surface area (Å²) in [5.41, 5.74) is 0.911. The van der Waals surface area contributed by atoms with Gasteiger partial charge in [0.2, 0.25) is 0 Å². The third-order valence-corrected chi connectivity index (χ3v) is 0.949. The summed E-state index contributed by atoms with van der Waals surface area (Å²) in [5.74, 6) is 0. The fraction of sp³-hybridized carbons (Fsp3) is 0.286. The number of hydrogen-bond donors (Lipinski definition) is 0. The second-order valence-corrected chi connectivity index (χ2v) is 1.71. The topological polar surface area (TPSA) is 34.7 Å². The predicted molar refractivity (Wildman–Crippen MR) is 37.9 cm³/mol. The molecule has 0 amide bonds. The Morgan fingerprint density at radius 1 is 1.80 bits per heavy atom. The van der Waals surface area contributed by atoms with Crippen molar-refractivity contribution >= 4 is 6.21 Å². The van der Waals surface area contributed by atoms with Crippen molar-refractivity contribution in [2.24, 2.45) is 5.16 Å². The normalized spacial score (nSPS) is 10.5. The Balaban J connectivity index is 2.40. The molecule has 3 nitrogen and oxygen atoms in total. The van der Waals surface area contributed by atoms with Crippen LogP contribution in [-0.2, 0) is 4.84 Å². The van der Waals surface area contributed by atoms with Crippen molar-refractivity contribution in [3.05, 3.63) is 24.2 Å². The minimum Gasteiger partial charge on any atom is -0.472 e. The number of nitrogens with zero attached hydrogens (tertiary/aromatic N) is 1. The van der Waals surface area contributed by atoms with E-state index < -0.39 is 0 Å². The summed E-state index contributed by atoms with van der Waals surface area (Å²) in [7, 11) is 0. The zero-order valence-electron chi connectivity index (χ0n) is 5.78. The van der Waals surface area contributed by atoms with Gasteiger partial charge >= 0.3 is 0 Å². The Labute approximate surface area is 59.3 Å². The van der Waals surface area contributed by atoms with E-state index in [1.807, 2.05) is 13.0 Å². The molecule has 1 aromatic rings. The average molecular weight is 139 g/mol. The molecule has 54 valence electrons. The predicted octanol–water partition coefficient (Wildman–Crippen LogP) is 1.65. The number of hydrogen-bond acceptors (Lipinski definition) is 3. The molecule has 0 aromatic carbocycles. The van der Waals surface area contributed by atoms with Crippen molar-refractivity contribution in [2.45, 2.75) is 6.92 Å². The van der Waals surface area contributed by atoms with Crippen LogP contribution in [0.4, 0.5) is 0 Å². The van der Waals surface area contributed by atoms with E-state index in [-0.39, 0.29) is 0 Å². The molecule has 3 heteroatoms. The van der Waals surface area contributed by atoms with Crippen molar-refractivity contribution in [3.63, 3.8) is 0 Å². The van der Waals surface area contributed by atoms with Gasteiger partial charge in [-0.15, -0.1) is 0 Å². The molecular weight excluding hydrogens is 130 g/mol. The van der Waals surface area contributed by atoms with E-state index in [4.69, 9.17) is 9.25 Å². The molecule has 10 heavy (non-hydrogen) atoms. The van der Waals surface area contributed by atoms with Crippen molar-refractivity contribution < 1.29 is 9.25 Å². The first kappa shape index (κ1) is 6.86. The van der Waals surface area contributed by atoms with E-state index in [0.29, 0.717) is 6.61 Å². The smallest absolute Gasteiger partial charge is 0.114 e. The summed E-state index contributed by atoms with van der Waals surface area (Å²) in [5, 5.41) is 3.65. The van der Waals surface area contributed by atoms with Crippen molar-refractivity contribution in [1.29, 1.82) is 0 Å². The van der Waals surface area contributed by atoms with Gasteiger partial charge in [-0.05, 0) is 13.0 Å². The number of oxime groups is 1. The monoisotopic (exact) mass is 139 g/mol. The van der Waals surface area contributed by atoms with Gasteiger partial charge in [0.05, 0.1) is 18.7 Å². The van der Waals surface area contributed by atoms with Gasteiger partial charge in [-0.3, -0.25) is 0 Å². The maximum Gasteiger partial charge on any atom is 0.114 e. The molecule has 1 rings (SSSR count). The molecule has 0 bridgehead atoms. The molecule has 0 N–H and O–H groups in total. The average Bonchev–Trinajstić information content (AvgIpc) is 2.41. The largest absolute Gasteiger partial charge is 0.472 e. The van der Waals surface area contributed by atoms with E-state index in [1.165, 1.54) is 0 Å². The minimum atomic E-state index is 0.592. The highest BCUT2D eigenvalue weighted by Gasteiger charge is 1.85. The van der Waals surface area contributed by atoms with Gasteiger partial charge in [-0.2, -0.15) is 0 Å². The van der Waals surface area contributed by atoms with Crippen LogP contribution in [-0.4, -0.2) is 12.8 Å². The standard InChI is InChI=1S/C7H9NO2/c1-2-10-8-5-7-3-4-9-6-7/h3-6H,2H2,1H3/b8-5+. The van der Waals surface area contributed by atoms with Crippen LogP contribution in [0, 0.1) is 0 Å². The summed E-state index contributed by atoms with van der Waals surface area (Å²) in [6.07, 6.45) is 4.79. The molecule has 0 radical (unpaired) electrons. The maximum atomic E-state index is 4.80. The molecular formula is C7H9NO2. The molecule has 1 aromatic heterocycles. The van der Waals surface area contributed by atoms with Crippen molar-refractivity contribution in [3.8, 4) is 0 Å². The lowest BCUT2D eigenvalue weighted by molar-refractivity contribution is 0.160. The summed E-state index contributed by atoms with van der Waals surface area (Å²) in [6.45, 7) is 2.47. The quantitative estimate of drug-likeness (QED) is 0.471.